The van der Waals surface area contributed by atoms with E-state index in [-0.39, 0.29) is 6.61 Å². The van der Waals surface area contributed by atoms with E-state index in [1.165, 1.54) is 6.39 Å². The Balaban J connectivity index is 2.05. The highest BCUT2D eigenvalue weighted by atomic mass is 16.5. The van der Waals surface area contributed by atoms with Crippen LogP contribution >= 0.6 is 0 Å². The zero-order valence-corrected chi connectivity index (χ0v) is 11.8. The van der Waals surface area contributed by atoms with Crippen LogP contribution in [0.5, 0.6) is 11.5 Å². The quantitative estimate of drug-likeness (QED) is 0.746. The standard InChI is InChI=1S/C14H19N3O3/c1-3-6-15-8-11-4-5-12(18-2)7-13(11)19-9-14-16-10-20-17-14/h4-5,7,10,15H,3,6,8-9H2,1-2H3. The van der Waals surface area contributed by atoms with Crippen LogP contribution in [-0.4, -0.2) is 23.8 Å². The summed E-state index contributed by atoms with van der Waals surface area (Å²) in [6.45, 7) is 4.12. The van der Waals surface area contributed by atoms with E-state index in [1.54, 1.807) is 7.11 Å². The zero-order chi connectivity index (χ0) is 14.2. The summed E-state index contributed by atoms with van der Waals surface area (Å²) in [5.41, 5.74) is 1.07. The van der Waals surface area contributed by atoms with Gasteiger partial charge in [-0.1, -0.05) is 18.1 Å². The van der Waals surface area contributed by atoms with Crippen molar-refractivity contribution < 1.29 is 14.0 Å². The molecule has 2 rings (SSSR count). The monoisotopic (exact) mass is 277 g/mol. The molecule has 1 aromatic heterocycles. The zero-order valence-electron chi connectivity index (χ0n) is 11.8. The number of rotatable bonds is 8. The highest BCUT2D eigenvalue weighted by molar-refractivity contribution is 5.40. The van der Waals surface area contributed by atoms with Crippen molar-refractivity contribution >= 4 is 0 Å². The number of nitrogens with zero attached hydrogens (tertiary/aromatic N) is 2. The lowest BCUT2D eigenvalue weighted by molar-refractivity contribution is 0.281. The lowest BCUT2D eigenvalue weighted by atomic mass is 10.2. The lowest BCUT2D eigenvalue weighted by Crippen LogP contribution is -2.14. The van der Waals surface area contributed by atoms with Gasteiger partial charge in [-0.2, -0.15) is 4.98 Å². The summed E-state index contributed by atoms with van der Waals surface area (Å²) < 4.78 is 15.7. The van der Waals surface area contributed by atoms with Gasteiger partial charge in [0.15, 0.2) is 6.61 Å². The van der Waals surface area contributed by atoms with Gasteiger partial charge in [0.05, 0.1) is 7.11 Å². The molecule has 0 aliphatic heterocycles. The molecule has 0 radical (unpaired) electrons. The van der Waals surface area contributed by atoms with E-state index in [1.807, 2.05) is 18.2 Å². The molecule has 2 aromatic rings. The van der Waals surface area contributed by atoms with Crippen LogP contribution < -0.4 is 14.8 Å². The van der Waals surface area contributed by atoms with Gasteiger partial charge < -0.3 is 19.3 Å². The first kappa shape index (κ1) is 14.3. The molecule has 0 fully saturated rings. The molecule has 0 amide bonds. The Kier molecular flexibility index (Phi) is 5.37. The predicted molar refractivity (Wildman–Crippen MR) is 73.6 cm³/mol. The molecule has 108 valence electrons. The first-order valence-electron chi connectivity index (χ1n) is 6.59. The summed E-state index contributed by atoms with van der Waals surface area (Å²) in [7, 11) is 1.63. The molecular weight excluding hydrogens is 258 g/mol. The third kappa shape index (κ3) is 3.96. The van der Waals surface area contributed by atoms with Crippen LogP contribution in [0.3, 0.4) is 0 Å². The maximum atomic E-state index is 5.75. The molecule has 1 heterocycles. The predicted octanol–water partition coefficient (Wildman–Crippen LogP) is 2.16. The minimum Gasteiger partial charge on any atom is -0.497 e. The van der Waals surface area contributed by atoms with Crippen LogP contribution in [0.15, 0.2) is 29.1 Å². The van der Waals surface area contributed by atoms with Crippen LogP contribution in [0.25, 0.3) is 0 Å². The molecule has 0 bridgehead atoms. The van der Waals surface area contributed by atoms with Crippen LogP contribution in [0.2, 0.25) is 0 Å². The molecule has 20 heavy (non-hydrogen) atoms. The van der Waals surface area contributed by atoms with Gasteiger partial charge in [0.1, 0.15) is 11.5 Å². The van der Waals surface area contributed by atoms with Gasteiger partial charge in [-0.15, -0.1) is 0 Å². The van der Waals surface area contributed by atoms with E-state index in [0.29, 0.717) is 5.82 Å². The SMILES string of the molecule is CCCNCc1ccc(OC)cc1OCc1ncon1. The molecule has 0 saturated carbocycles. The van der Waals surface area contributed by atoms with E-state index in [9.17, 15) is 0 Å². The first-order chi connectivity index (χ1) is 9.83. The highest BCUT2D eigenvalue weighted by Gasteiger charge is 2.07. The summed E-state index contributed by atoms with van der Waals surface area (Å²) in [5.74, 6) is 2.03. The van der Waals surface area contributed by atoms with Gasteiger partial charge in [0.2, 0.25) is 12.2 Å². The van der Waals surface area contributed by atoms with Crippen LogP contribution in [-0.2, 0) is 13.2 Å². The summed E-state index contributed by atoms with van der Waals surface area (Å²) in [6.07, 6.45) is 2.38. The number of benzene rings is 1. The lowest BCUT2D eigenvalue weighted by Gasteiger charge is -2.12. The summed E-state index contributed by atoms with van der Waals surface area (Å²) in [4.78, 5) is 3.93. The van der Waals surface area contributed by atoms with Crippen molar-refractivity contribution in [2.45, 2.75) is 26.5 Å². The Morgan fingerprint density at radius 1 is 1.35 bits per heavy atom. The minimum atomic E-state index is 0.268. The largest absolute Gasteiger partial charge is 0.497 e. The van der Waals surface area contributed by atoms with Gasteiger partial charge >= 0.3 is 0 Å². The number of ether oxygens (including phenoxy) is 2. The smallest absolute Gasteiger partial charge is 0.213 e. The fraction of sp³-hybridized carbons (Fsp3) is 0.429. The Hall–Kier alpha value is -2.08. The van der Waals surface area contributed by atoms with Crippen molar-refractivity contribution in [1.29, 1.82) is 0 Å². The average Bonchev–Trinajstić information content (AvgIpc) is 2.99. The van der Waals surface area contributed by atoms with Gasteiger partial charge in [0.25, 0.3) is 0 Å². The highest BCUT2D eigenvalue weighted by Crippen LogP contribution is 2.25. The minimum absolute atomic E-state index is 0.268. The number of aromatic nitrogens is 2. The van der Waals surface area contributed by atoms with E-state index in [0.717, 1.165) is 36.6 Å². The fourth-order valence-electron chi connectivity index (χ4n) is 1.74. The molecule has 0 unspecified atom stereocenters. The topological polar surface area (TPSA) is 69.4 Å². The first-order valence-corrected chi connectivity index (χ1v) is 6.59. The van der Waals surface area contributed by atoms with Crippen LogP contribution in [0.4, 0.5) is 0 Å². The van der Waals surface area contributed by atoms with Crippen LogP contribution in [0, 0.1) is 0 Å². The molecule has 0 aliphatic carbocycles. The molecule has 6 heteroatoms. The normalized spacial score (nSPS) is 10.5. The van der Waals surface area contributed by atoms with Crippen molar-refractivity contribution in [3.05, 3.63) is 36.0 Å². The second kappa shape index (κ2) is 7.49. The van der Waals surface area contributed by atoms with Gasteiger partial charge in [-0.05, 0) is 19.0 Å². The summed E-state index contributed by atoms with van der Waals surface area (Å²) >= 11 is 0. The molecule has 0 atom stereocenters. The van der Waals surface area contributed by atoms with E-state index in [2.05, 4.69) is 26.9 Å². The molecule has 1 aromatic carbocycles. The second-order valence-corrected chi connectivity index (χ2v) is 4.29. The number of hydrogen-bond acceptors (Lipinski definition) is 6. The molecule has 6 nitrogen and oxygen atoms in total. The summed E-state index contributed by atoms with van der Waals surface area (Å²) in [5, 5.41) is 7.07. The van der Waals surface area contributed by atoms with E-state index in [4.69, 9.17) is 9.47 Å². The van der Waals surface area contributed by atoms with Crippen molar-refractivity contribution in [3.8, 4) is 11.5 Å². The Bertz CT molecular complexity index is 514. The summed E-state index contributed by atoms with van der Waals surface area (Å²) in [6, 6.07) is 5.78. The molecule has 1 N–H and O–H groups in total. The van der Waals surface area contributed by atoms with E-state index < -0.39 is 0 Å². The van der Waals surface area contributed by atoms with Crippen molar-refractivity contribution in [3.63, 3.8) is 0 Å². The maximum absolute atomic E-state index is 5.75. The van der Waals surface area contributed by atoms with Crippen molar-refractivity contribution in [1.82, 2.24) is 15.5 Å². The Morgan fingerprint density at radius 2 is 2.25 bits per heavy atom. The maximum Gasteiger partial charge on any atom is 0.213 e. The molecule has 0 aliphatic rings. The third-order valence-corrected chi connectivity index (χ3v) is 2.78. The number of nitrogens with one attached hydrogen (secondary N) is 1. The third-order valence-electron chi connectivity index (χ3n) is 2.78. The number of methoxy groups -OCH3 is 1. The van der Waals surface area contributed by atoms with E-state index >= 15 is 0 Å². The van der Waals surface area contributed by atoms with Crippen molar-refractivity contribution in [2.24, 2.45) is 0 Å². The van der Waals surface area contributed by atoms with Crippen molar-refractivity contribution in [2.75, 3.05) is 13.7 Å². The molecular formula is C14H19N3O3. The molecule has 0 saturated heterocycles. The van der Waals surface area contributed by atoms with Gasteiger partial charge in [-0.25, -0.2) is 0 Å². The molecule has 0 spiro atoms. The second-order valence-electron chi connectivity index (χ2n) is 4.29. The number of hydrogen-bond donors (Lipinski definition) is 1. The average molecular weight is 277 g/mol. The Morgan fingerprint density at radius 3 is 2.95 bits per heavy atom. The Labute approximate surface area is 118 Å². The van der Waals surface area contributed by atoms with Gasteiger partial charge in [-0.3, -0.25) is 0 Å². The van der Waals surface area contributed by atoms with Crippen LogP contribution in [0.1, 0.15) is 24.7 Å². The van der Waals surface area contributed by atoms with Gasteiger partial charge in [0, 0.05) is 18.2 Å². The fourth-order valence-corrected chi connectivity index (χ4v) is 1.74.